The smallest absolute Gasteiger partial charge is 0.189 e. The summed E-state index contributed by atoms with van der Waals surface area (Å²) in [5.41, 5.74) is -0.904. The molecule has 1 fully saturated rings. The zero-order valence-corrected chi connectivity index (χ0v) is 20.4. The number of hydrogen-bond acceptors (Lipinski definition) is 5. The summed E-state index contributed by atoms with van der Waals surface area (Å²) in [6, 6.07) is 10.3. The number of methoxy groups -OCH3 is 1. The third-order valence-electron chi connectivity index (χ3n) is 5.23. The Hall–Kier alpha value is -0.600. The minimum absolute atomic E-state index is 0.126. The lowest BCUT2D eigenvalue weighted by Gasteiger charge is -2.34. The molecule has 1 aliphatic heterocycles. The molecule has 31 heavy (non-hydrogen) atoms. The van der Waals surface area contributed by atoms with Crippen LogP contribution in [0.4, 0.5) is 0 Å². The zero-order chi connectivity index (χ0) is 22.8. The van der Waals surface area contributed by atoms with Crippen LogP contribution >= 0.6 is 46.4 Å². The highest BCUT2D eigenvalue weighted by molar-refractivity contribution is 6.35. The average Bonchev–Trinajstić information content (AvgIpc) is 2.88. The van der Waals surface area contributed by atoms with Crippen molar-refractivity contribution < 1.29 is 24.1 Å². The molecule has 1 heterocycles. The van der Waals surface area contributed by atoms with Crippen molar-refractivity contribution in [3.8, 4) is 0 Å². The van der Waals surface area contributed by atoms with Crippen LogP contribution in [0.3, 0.4) is 0 Å². The SMILES string of the molecule is CO[C@H]1O[C@](C)(COCc2ccc(Cl)cc2Cl)[C@@H](OCc2ccc(Cl)cc2Cl)[C@@]1(C)O. The molecule has 4 atom stereocenters. The highest BCUT2D eigenvalue weighted by Crippen LogP contribution is 2.42. The minimum atomic E-state index is -1.43. The monoisotopic (exact) mass is 508 g/mol. The number of rotatable bonds is 8. The quantitative estimate of drug-likeness (QED) is 0.479. The summed E-state index contributed by atoms with van der Waals surface area (Å²) in [5, 5.41) is 13.2. The Kier molecular flexibility index (Phi) is 8.17. The molecular weight excluding hydrogens is 486 g/mol. The van der Waals surface area contributed by atoms with Crippen molar-refractivity contribution in [3.05, 3.63) is 67.6 Å². The van der Waals surface area contributed by atoms with Gasteiger partial charge in [-0.1, -0.05) is 58.5 Å². The van der Waals surface area contributed by atoms with E-state index in [2.05, 4.69) is 0 Å². The summed E-state index contributed by atoms with van der Waals surface area (Å²) < 4.78 is 23.4. The van der Waals surface area contributed by atoms with Crippen molar-refractivity contribution in [1.29, 1.82) is 0 Å². The summed E-state index contributed by atoms with van der Waals surface area (Å²) in [6.07, 6.45) is -1.66. The first-order valence-corrected chi connectivity index (χ1v) is 11.1. The molecule has 0 spiro atoms. The number of halogens is 4. The standard InChI is InChI=1S/C22H24Cl4O5/c1-21(12-29-10-13-4-6-15(23)8-17(13)25)19(22(2,27)20(28-3)31-21)30-11-14-5-7-16(24)9-18(14)26/h4-9,19-20,27H,10-12H2,1-3H3/t19-,20+,21-,22-/m1/s1. The van der Waals surface area contributed by atoms with E-state index in [0.717, 1.165) is 11.1 Å². The molecule has 0 unspecified atom stereocenters. The Morgan fingerprint density at radius 3 is 2.00 bits per heavy atom. The molecular formula is C22H24Cl4O5. The van der Waals surface area contributed by atoms with Gasteiger partial charge in [-0.05, 0) is 49.2 Å². The van der Waals surface area contributed by atoms with E-state index in [4.69, 9.17) is 65.4 Å². The van der Waals surface area contributed by atoms with Gasteiger partial charge in [0.1, 0.15) is 17.3 Å². The molecule has 9 heteroatoms. The van der Waals surface area contributed by atoms with E-state index >= 15 is 0 Å². The van der Waals surface area contributed by atoms with E-state index in [0.29, 0.717) is 20.1 Å². The Morgan fingerprint density at radius 2 is 1.48 bits per heavy atom. The Bertz CT molecular complexity index is 923. The maximum absolute atomic E-state index is 11.1. The van der Waals surface area contributed by atoms with E-state index in [9.17, 15) is 5.11 Å². The summed E-state index contributed by atoms with van der Waals surface area (Å²) in [7, 11) is 1.46. The fraction of sp³-hybridized carbons (Fsp3) is 0.455. The maximum atomic E-state index is 11.1. The van der Waals surface area contributed by atoms with Crippen LogP contribution < -0.4 is 0 Å². The number of ether oxygens (including phenoxy) is 4. The molecule has 2 aromatic carbocycles. The molecule has 0 bridgehead atoms. The van der Waals surface area contributed by atoms with Crippen molar-refractivity contribution in [2.24, 2.45) is 0 Å². The van der Waals surface area contributed by atoms with Crippen LogP contribution in [0, 0.1) is 0 Å². The largest absolute Gasteiger partial charge is 0.382 e. The highest BCUT2D eigenvalue weighted by atomic mass is 35.5. The number of hydrogen-bond donors (Lipinski definition) is 1. The topological polar surface area (TPSA) is 57.2 Å². The lowest BCUT2D eigenvalue weighted by Crippen LogP contribution is -2.52. The van der Waals surface area contributed by atoms with Gasteiger partial charge < -0.3 is 24.1 Å². The van der Waals surface area contributed by atoms with Crippen LogP contribution in [0.25, 0.3) is 0 Å². The molecule has 0 aliphatic carbocycles. The van der Waals surface area contributed by atoms with Crippen LogP contribution in [-0.4, -0.2) is 42.4 Å². The van der Waals surface area contributed by atoms with E-state index in [1.165, 1.54) is 7.11 Å². The van der Waals surface area contributed by atoms with Gasteiger partial charge in [-0.15, -0.1) is 0 Å². The predicted octanol–water partition coefficient (Wildman–Crippen LogP) is 5.91. The highest BCUT2D eigenvalue weighted by Gasteiger charge is 2.60. The summed E-state index contributed by atoms with van der Waals surface area (Å²) >= 11 is 24.4. The van der Waals surface area contributed by atoms with Crippen molar-refractivity contribution in [1.82, 2.24) is 0 Å². The maximum Gasteiger partial charge on any atom is 0.189 e. The van der Waals surface area contributed by atoms with Crippen LogP contribution in [0.5, 0.6) is 0 Å². The predicted molar refractivity (Wildman–Crippen MR) is 122 cm³/mol. The molecule has 0 radical (unpaired) electrons. The molecule has 5 nitrogen and oxygen atoms in total. The second-order valence-electron chi connectivity index (χ2n) is 7.88. The van der Waals surface area contributed by atoms with Crippen LogP contribution in [0.1, 0.15) is 25.0 Å². The summed E-state index contributed by atoms with van der Waals surface area (Å²) in [4.78, 5) is 0. The van der Waals surface area contributed by atoms with Crippen LogP contribution in [-0.2, 0) is 32.2 Å². The lowest BCUT2D eigenvalue weighted by molar-refractivity contribution is -0.204. The first-order valence-electron chi connectivity index (χ1n) is 9.57. The van der Waals surface area contributed by atoms with Crippen LogP contribution in [0.2, 0.25) is 20.1 Å². The van der Waals surface area contributed by atoms with Gasteiger partial charge in [0.05, 0.1) is 19.8 Å². The van der Waals surface area contributed by atoms with Crippen molar-refractivity contribution >= 4 is 46.4 Å². The Labute approximate surface area is 202 Å². The van der Waals surface area contributed by atoms with Gasteiger partial charge >= 0.3 is 0 Å². The first-order chi connectivity index (χ1) is 14.6. The van der Waals surface area contributed by atoms with Crippen molar-refractivity contribution in [2.45, 2.75) is 50.7 Å². The fourth-order valence-corrected chi connectivity index (χ4v) is 4.65. The van der Waals surface area contributed by atoms with Gasteiger partial charge in [0.2, 0.25) is 0 Å². The zero-order valence-electron chi connectivity index (χ0n) is 17.3. The first kappa shape index (κ1) is 25.0. The van der Waals surface area contributed by atoms with E-state index in [1.54, 1.807) is 50.2 Å². The fourth-order valence-electron chi connectivity index (χ4n) is 3.72. The van der Waals surface area contributed by atoms with Gasteiger partial charge in [-0.25, -0.2) is 0 Å². The molecule has 1 saturated heterocycles. The summed E-state index contributed by atoms with van der Waals surface area (Å²) in [6.45, 7) is 3.93. The van der Waals surface area contributed by atoms with Crippen molar-refractivity contribution in [2.75, 3.05) is 13.7 Å². The molecule has 0 aromatic heterocycles. The summed E-state index contributed by atoms with van der Waals surface area (Å²) in [5.74, 6) is 0. The van der Waals surface area contributed by atoms with E-state index in [-0.39, 0.29) is 19.8 Å². The molecule has 3 rings (SSSR count). The molecule has 0 saturated carbocycles. The van der Waals surface area contributed by atoms with Gasteiger partial charge in [0.25, 0.3) is 0 Å². The molecule has 1 N–H and O–H groups in total. The van der Waals surface area contributed by atoms with E-state index < -0.39 is 23.6 Å². The molecule has 170 valence electrons. The third kappa shape index (κ3) is 5.67. The Morgan fingerprint density at radius 1 is 0.935 bits per heavy atom. The lowest BCUT2D eigenvalue weighted by atomic mass is 9.89. The second kappa shape index (κ2) is 10.1. The minimum Gasteiger partial charge on any atom is -0.382 e. The number of benzene rings is 2. The van der Waals surface area contributed by atoms with Gasteiger partial charge in [-0.2, -0.15) is 0 Å². The molecule has 1 aliphatic rings. The third-order valence-corrected chi connectivity index (χ3v) is 6.41. The Balaban J connectivity index is 1.73. The van der Waals surface area contributed by atoms with Crippen molar-refractivity contribution in [3.63, 3.8) is 0 Å². The molecule has 2 aromatic rings. The normalized spacial score (nSPS) is 28.3. The van der Waals surface area contributed by atoms with Gasteiger partial charge in [0.15, 0.2) is 6.29 Å². The van der Waals surface area contributed by atoms with Gasteiger partial charge in [-0.3, -0.25) is 0 Å². The van der Waals surface area contributed by atoms with Crippen LogP contribution in [0.15, 0.2) is 36.4 Å². The van der Waals surface area contributed by atoms with Gasteiger partial charge in [0, 0.05) is 27.2 Å². The number of aliphatic hydroxyl groups is 1. The molecule has 0 amide bonds. The van der Waals surface area contributed by atoms with E-state index in [1.807, 2.05) is 0 Å². The average molecular weight is 510 g/mol. The second-order valence-corrected chi connectivity index (χ2v) is 9.57.